The van der Waals surface area contributed by atoms with Crippen LogP contribution in [0.25, 0.3) is 10.8 Å². The zero-order chi connectivity index (χ0) is 27.5. The topological polar surface area (TPSA) is 64.8 Å². The molecule has 0 aliphatic heterocycles. The lowest BCUT2D eigenvalue weighted by Crippen LogP contribution is -2.49. The van der Waals surface area contributed by atoms with Crippen molar-refractivity contribution in [3.8, 4) is 0 Å². The lowest BCUT2D eigenvalue weighted by atomic mass is 9.88. The zero-order valence-electron chi connectivity index (χ0n) is 23.0. The van der Waals surface area contributed by atoms with E-state index in [0.29, 0.717) is 32.7 Å². The number of rotatable bonds is 14. The molecule has 0 heterocycles. The molecule has 39 heavy (non-hydrogen) atoms. The minimum absolute atomic E-state index is 0.0903. The van der Waals surface area contributed by atoms with Crippen LogP contribution in [0.5, 0.6) is 0 Å². The number of nitrogens with two attached hydrogens (primary N) is 1. The molecule has 0 fully saturated rings. The van der Waals surface area contributed by atoms with E-state index in [9.17, 15) is 4.79 Å². The summed E-state index contributed by atoms with van der Waals surface area (Å²) in [5.41, 5.74) is 10.1. The van der Waals surface area contributed by atoms with Gasteiger partial charge in [-0.2, -0.15) is 0 Å². The minimum atomic E-state index is -0.665. The van der Waals surface area contributed by atoms with Gasteiger partial charge in [-0.1, -0.05) is 103 Å². The molecule has 0 aliphatic carbocycles. The normalized spacial score (nSPS) is 12.2. The molecule has 5 heteroatoms. The van der Waals surface area contributed by atoms with Crippen LogP contribution >= 0.6 is 0 Å². The Bertz CT molecular complexity index is 1250. The molecule has 0 spiro atoms. The van der Waals surface area contributed by atoms with E-state index in [1.54, 1.807) is 0 Å². The molecule has 0 unspecified atom stereocenters. The van der Waals surface area contributed by atoms with Crippen molar-refractivity contribution >= 4 is 16.7 Å². The maximum atomic E-state index is 13.8. The Morgan fingerprint density at radius 1 is 0.769 bits per heavy atom. The van der Waals surface area contributed by atoms with Gasteiger partial charge < -0.3 is 20.1 Å². The van der Waals surface area contributed by atoms with Gasteiger partial charge in [0.15, 0.2) is 6.29 Å². The summed E-state index contributed by atoms with van der Waals surface area (Å²) in [5.74, 6) is 0.0597. The average molecular weight is 525 g/mol. The SMILES string of the molecule is CCOC(CN(CCC(c1ccccc1)c1ccccc1)C(=O)[C@@H](N)Cc1ccc2ccccc2c1)OCC. The summed E-state index contributed by atoms with van der Waals surface area (Å²) in [4.78, 5) is 15.7. The fourth-order valence-corrected chi connectivity index (χ4v) is 5.12. The van der Waals surface area contributed by atoms with Crippen LogP contribution in [0.1, 0.15) is 42.9 Å². The van der Waals surface area contributed by atoms with Gasteiger partial charge in [-0.25, -0.2) is 0 Å². The molecule has 0 bridgehead atoms. The van der Waals surface area contributed by atoms with Crippen molar-refractivity contribution in [1.29, 1.82) is 0 Å². The van der Waals surface area contributed by atoms with E-state index in [1.807, 2.05) is 43.0 Å². The van der Waals surface area contributed by atoms with E-state index in [4.69, 9.17) is 15.2 Å². The van der Waals surface area contributed by atoms with Crippen molar-refractivity contribution in [3.63, 3.8) is 0 Å². The highest BCUT2D eigenvalue weighted by molar-refractivity contribution is 5.84. The molecule has 204 valence electrons. The molecular weight excluding hydrogens is 484 g/mol. The van der Waals surface area contributed by atoms with Crippen LogP contribution in [0.2, 0.25) is 0 Å². The minimum Gasteiger partial charge on any atom is -0.351 e. The second-order valence-electron chi connectivity index (χ2n) is 9.78. The molecule has 1 amide bonds. The first-order valence-corrected chi connectivity index (χ1v) is 13.9. The third kappa shape index (κ3) is 7.99. The number of hydrogen-bond donors (Lipinski definition) is 1. The first-order valence-electron chi connectivity index (χ1n) is 13.9. The second kappa shape index (κ2) is 14.6. The lowest BCUT2D eigenvalue weighted by Gasteiger charge is -2.31. The molecule has 0 radical (unpaired) electrons. The monoisotopic (exact) mass is 524 g/mol. The number of benzene rings is 4. The van der Waals surface area contributed by atoms with E-state index < -0.39 is 12.3 Å². The fraction of sp³-hybridized carbons (Fsp3) is 0.324. The van der Waals surface area contributed by atoms with Gasteiger partial charge in [0.1, 0.15) is 0 Å². The summed E-state index contributed by atoms with van der Waals surface area (Å²) in [7, 11) is 0. The molecule has 4 rings (SSSR count). The molecular formula is C34H40N2O3. The number of fused-ring (bicyclic) bond motifs is 1. The molecule has 5 nitrogen and oxygen atoms in total. The van der Waals surface area contributed by atoms with E-state index in [0.717, 1.165) is 17.4 Å². The number of amides is 1. The van der Waals surface area contributed by atoms with Crippen LogP contribution in [0.4, 0.5) is 0 Å². The predicted octanol–water partition coefficient (Wildman–Crippen LogP) is 6.16. The third-order valence-corrected chi connectivity index (χ3v) is 7.06. The fourth-order valence-electron chi connectivity index (χ4n) is 5.12. The van der Waals surface area contributed by atoms with Crippen LogP contribution in [0.15, 0.2) is 103 Å². The molecule has 0 saturated carbocycles. The first kappa shape index (κ1) is 28.5. The number of nitrogens with zero attached hydrogens (tertiary/aromatic N) is 1. The molecule has 4 aromatic carbocycles. The van der Waals surface area contributed by atoms with Crippen molar-refractivity contribution in [2.24, 2.45) is 5.73 Å². The van der Waals surface area contributed by atoms with E-state index >= 15 is 0 Å². The Kier molecular flexibility index (Phi) is 10.7. The van der Waals surface area contributed by atoms with E-state index in [-0.39, 0.29) is 11.8 Å². The van der Waals surface area contributed by atoms with Gasteiger partial charge in [-0.3, -0.25) is 4.79 Å². The highest BCUT2D eigenvalue weighted by atomic mass is 16.7. The molecule has 2 N–H and O–H groups in total. The molecule has 0 aromatic heterocycles. The van der Waals surface area contributed by atoms with Gasteiger partial charge in [0, 0.05) is 25.7 Å². The van der Waals surface area contributed by atoms with Gasteiger partial charge >= 0.3 is 0 Å². The van der Waals surface area contributed by atoms with Gasteiger partial charge in [0.25, 0.3) is 0 Å². The largest absolute Gasteiger partial charge is 0.351 e. The van der Waals surface area contributed by atoms with Crippen molar-refractivity contribution in [3.05, 3.63) is 120 Å². The van der Waals surface area contributed by atoms with Crippen LogP contribution in [-0.2, 0) is 20.7 Å². The van der Waals surface area contributed by atoms with E-state index in [1.165, 1.54) is 16.5 Å². The maximum Gasteiger partial charge on any atom is 0.240 e. The van der Waals surface area contributed by atoms with Gasteiger partial charge in [-0.05, 0) is 54.2 Å². The molecule has 1 atom stereocenters. The van der Waals surface area contributed by atoms with Crippen molar-refractivity contribution in [1.82, 2.24) is 4.90 Å². The maximum absolute atomic E-state index is 13.8. The highest BCUT2D eigenvalue weighted by Gasteiger charge is 2.26. The Hall–Kier alpha value is -3.51. The summed E-state index contributed by atoms with van der Waals surface area (Å²) in [5, 5.41) is 2.32. The Labute approximate surface area is 232 Å². The smallest absolute Gasteiger partial charge is 0.240 e. The number of ether oxygens (including phenoxy) is 2. The van der Waals surface area contributed by atoms with Crippen molar-refractivity contribution in [2.75, 3.05) is 26.3 Å². The summed E-state index contributed by atoms with van der Waals surface area (Å²) >= 11 is 0. The Morgan fingerprint density at radius 3 is 1.92 bits per heavy atom. The standard InChI is InChI=1S/C34H40N2O3/c1-3-38-33(39-4-2)25-36(22-21-31(28-14-7-5-8-15-28)29-16-9-6-10-17-29)34(37)32(35)24-26-19-20-27-13-11-12-18-30(27)23-26/h5-20,23,31-33H,3-4,21-22,24-25,35H2,1-2H3/t32-/m0/s1. The number of carbonyl (C=O) groups is 1. The molecule has 0 aliphatic rings. The summed E-state index contributed by atoms with van der Waals surface area (Å²) < 4.78 is 11.7. The second-order valence-corrected chi connectivity index (χ2v) is 9.78. The lowest BCUT2D eigenvalue weighted by molar-refractivity contribution is -0.159. The molecule has 4 aromatic rings. The first-order chi connectivity index (χ1) is 19.1. The highest BCUT2D eigenvalue weighted by Crippen LogP contribution is 2.28. The summed E-state index contributed by atoms with van der Waals surface area (Å²) in [6, 6.07) is 34.7. The third-order valence-electron chi connectivity index (χ3n) is 7.06. The van der Waals surface area contributed by atoms with E-state index in [2.05, 4.69) is 78.9 Å². The Balaban J connectivity index is 1.54. The predicted molar refractivity (Wildman–Crippen MR) is 159 cm³/mol. The molecule has 0 saturated heterocycles. The van der Waals surface area contributed by atoms with Crippen LogP contribution in [0.3, 0.4) is 0 Å². The summed E-state index contributed by atoms with van der Waals surface area (Å²) in [6.07, 6.45) is 0.728. The Morgan fingerprint density at radius 2 is 1.33 bits per heavy atom. The quantitative estimate of drug-likeness (QED) is 0.201. The number of hydrogen-bond acceptors (Lipinski definition) is 4. The van der Waals surface area contributed by atoms with Crippen LogP contribution in [0, 0.1) is 0 Å². The zero-order valence-corrected chi connectivity index (χ0v) is 23.0. The average Bonchev–Trinajstić information content (AvgIpc) is 2.97. The number of carbonyl (C=O) groups excluding carboxylic acids is 1. The van der Waals surface area contributed by atoms with Gasteiger partial charge in [-0.15, -0.1) is 0 Å². The van der Waals surface area contributed by atoms with Crippen LogP contribution in [-0.4, -0.2) is 49.4 Å². The van der Waals surface area contributed by atoms with Gasteiger partial charge in [0.05, 0.1) is 12.6 Å². The van der Waals surface area contributed by atoms with Gasteiger partial charge in [0.2, 0.25) is 5.91 Å². The van der Waals surface area contributed by atoms with Crippen LogP contribution < -0.4 is 5.73 Å². The van der Waals surface area contributed by atoms with Crippen molar-refractivity contribution < 1.29 is 14.3 Å². The summed E-state index contributed by atoms with van der Waals surface area (Å²) in [6.45, 7) is 5.76. The van der Waals surface area contributed by atoms with Crippen molar-refractivity contribution in [2.45, 2.75) is 44.9 Å².